The third-order valence-electron chi connectivity index (χ3n) is 5.11. The fourth-order valence-electron chi connectivity index (χ4n) is 3.34. The lowest BCUT2D eigenvalue weighted by Gasteiger charge is -2.41. The fraction of sp³-hybridized carbons (Fsp3) is 0.524. The van der Waals surface area contributed by atoms with Crippen molar-refractivity contribution in [1.82, 2.24) is 25.3 Å². The molecule has 1 aliphatic heterocycles. The molecule has 0 spiro atoms. The van der Waals surface area contributed by atoms with Crippen LogP contribution in [0.2, 0.25) is 0 Å². The molecular weight excluding hydrogens is 352 g/mol. The minimum atomic E-state index is 0.0436. The molecule has 7 nitrogen and oxygen atoms in total. The van der Waals surface area contributed by atoms with E-state index in [0.29, 0.717) is 6.54 Å². The molecule has 1 fully saturated rings. The van der Waals surface area contributed by atoms with Crippen LogP contribution >= 0.6 is 0 Å². The Balaban J connectivity index is 1.46. The van der Waals surface area contributed by atoms with Gasteiger partial charge in [0.1, 0.15) is 0 Å². The Bertz CT molecular complexity index is 749. The number of hydrogen-bond acceptors (Lipinski definition) is 4. The van der Waals surface area contributed by atoms with Gasteiger partial charge in [0, 0.05) is 50.5 Å². The van der Waals surface area contributed by atoms with Crippen LogP contribution in [0.5, 0.6) is 0 Å². The maximum atomic E-state index is 5.46. The van der Waals surface area contributed by atoms with Crippen molar-refractivity contribution in [2.24, 2.45) is 4.99 Å². The molecule has 0 atom stereocenters. The van der Waals surface area contributed by atoms with Crippen LogP contribution in [0.15, 0.2) is 47.7 Å². The van der Waals surface area contributed by atoms with Crippen molar-refractivity contribution in [3.63, 3.8) is 0 Å². The summed E-state index contributed by atoms with van der Waals surface area (Å²) in [7, 11) is 1.80. The van der Waals surface area contributed by atoms with Crippen LogP contribution in [0.1, 0.15) is 25.0 Å². The lowest BCUT2D eigenvalue weighted by atomic mass is 10.0. The van der Waals surface area contributed by atoms with Gasteiger partial charge in [0.25, 0.3) is 0 Å². The van der Waals surface area contributed by atoms with Crippen LogP contribution in [-0.2, 0) is 17.8 Å². The number of aromatic nitrogens is 2. The van der Waals surface area contributed by atoms with E-state index in [-0.39, 0.29) is 5.54 Å². The standard InChI is InChI=1S/C21H32N6O/c1-21(2,26-9-11-28-12-10-26)17-24-20(22-3)23-13-19-14-25-27(16-19)15-18-7-5-4-6-8-18/h4-8,14,16H,9-13,15,17H2,1-3H3,(H2,22,23,24). The molecule has 0 unspecified atom stereocenters. The van der Waals surface area contributed by atoms with Crippen molar-refractivity contribution in [2.45, 2.75) is 32.5 Å². The molecule has 2 heterocycles. The maximum absolute atomic E-state index is 5.46. The molecule has 28 heavy (non-hydrogen) atoms. The van der Waals surface area contributed by atoms with Gasteiger partial charge in [-0.15, -0.1) is 0 Å². The molecule has 2 N–H and O–H groups in total. The molecule has 1 aromatic heterocycles. The predicted molar refractivity (Wildman–Crippen MR) is 112 cm³/mol. The molecule has 1 saturated heterocycles. The SMILES string of the molecule is CN=C(NCc1cnn(Cc2ccccc2)c1)NCC(C)(C)N1CCOCC1. The second kappa shape index (κ2) is 9.71. The van der Waals surface area contributed by atoms with Crippen molar-refractivity contribution < 1.29 is 4.74 Å². The summed E-state index contributed by atoms with van der Waals surface area (Å²) in [5, 5.41) is 11.3. The van der Waals surface area contributed by atoms with Gasteiger partial charge in [-0.25, -0.2) is 0 Å². The summed E-state index contributed by atoms with van der Waals surface area (Å²) >= 11 is 0. The van der Waals surface area contributed by atoms with Crippen LogP contribution in [0.4, 0.5) is 0 Å². The molecule has 1 aliphatic rings. The first kappa shape index (κ1) is 20.4. The normalized spacial score (nSPS) is 16.2. The fourth-order valence-corrected chi connectivity index (χ4v) is 3.34. The largest absolute Gasteiger partial charge is 0.379 e. The summed E-state index contributed by atoms with van der Waals surface area (Å²) < 4.78 is 7.42. The average Bonchev–Trinajstić information content (AvgIpc) is 3.17. The van der Waals surface area contributed by atoms with Crippen molar-refractivity contribution in [2.75, 3.05) is 39.9 Å². The van der Waals surface area contributed by atoms with Crippen LogP contribution in [0, 0.1) is 0 Å². The van der Waals surface area contributed by atoms with Gasteiger partial charge in [-0.1, -0.05) is 30.3 Å². The van der Waals surface area contributed by atoms with E-state index < -0.39 is 0 Å². The van der Waals surface area contributed by atoms with E-state index in [4.69, 9.17) is 4.74 Å². The van der Waals surface area contributed by atoms with E-state index in [1.165, 1.54) is 5.56 Å². The molecule has 2 aromatic rings. The van der Waals surface area contributed by atoms with E-state index in [2.05, 4.69) is 69.9 Å². The number of rotatable bonds is 7. The lowest BCUT2D eigenvalue weighted by Crippen LogP contribution is -2.56. The smallest absolute Gasteiger partial charge is 0.191 e. The predicted octanol–water partition coefficient (Wildman–Crippen LogP) is 1.71. The van der Waals surface area contributed by atoms with Crippen LogP contribution < -0.4 is 10.6 Å². The van der Waals surface area contributed by atoms with Gasteiger partial charge in [-0.3, -0.25) is 14.6 Å². The number of nitrogens with one attached hydrogen (secondary N) is 2. The summed E-state index contributed by atoms with van der Waals surface area (Å²) in [5.74, 6) is 0.803. The van der Waals surface area contributed by atoms with Gasteiger partial charge in [0.2, 0.25) is 0 Å². The summed E-state index contributed by atoms with van der Waals surface area (Å²) in [6.45, 7) is 10.4. The van der Waals surface area contributed by atoms with E-state index in [1.54, 1.807) is 7.05 Å². The van der Waals surface area contributed by atoms with E-state index in [9.17, 15) is 0 Å². The number of hydrogen-bond donors (Lipinski definition) is 2. The van der Waals surface area contributed by atoms with E-state index in [1.807, 2.05) is 16.9 Å². The number of benzene rings is 1. The zero-order valence-electron chi connectivity index (χ0n) is 17.2. The Morgan fingerprint density at radius 3 is 2.61 bits per heavy atom. The molecule has 3 rings (SSSR count). The van der Waals surface area contributed by atoms with Crippen LogP contribution in [-0.4, -0.2) is 66.1 Å². The maximum Gasteiger partial charge on any atom is 0.191 e. The molecule has 0 bridgehead atoms. The minimum Gasteiger partial charge on any atom is -0.379 e. The summed E-state index contributed by atoms with van der Waals surface area (Å²) in [4.78, 5) is 6.81. The van der Waals surface area contributed by atoms with Crippen molar-refractivity contribution in [1.29, 1.82) is 0 Å². The molecule has 0 aliphatic carbocycles. The quantitative estimate of drug-likeness (QED) is 0.562. The van der Waals surface area contributed by atoms with Gasteiger partial charge in [0.05, 0.1) is 26.0 Å². The first-order valence-electron chi connectivity index (χ1n) is 9.89. The Hall–Kier alpha value is -2.38. The third kappa shape index (κ3) is 5.81. The van der Waals surface area contributed by atoms with Gasteiger partial charge in [-0.05, 0) is 19.4 Å². The van der Waals surface area contributed by atoms with Gasteiger partial charge >= 0.3 is 0 Å². The highest BCUT2D eigenvalue weighted by molar-refractivity contribution is 5.79. The minimum absolute atomic E-state index is 0.0436. The summed E-state index contributed by atoms with van der Waals surface area (Å²) in [6, 6.07) is 10.4. The average molecular weight is 385 g/mol. The Morgan fingerprint density at radius 2 is 1.89 bits per heavy atom. The van der Waals surface area contributed by atoms with Gasteiger partial charge < -0.3 is 15.4 Å². The lowest BCUT2D eigenvalue weighted by molar-refractivity contribution is -0.00834. The number of morpholine rings is 1. The Labute approximate surface area is 167 Å². The molecule has 1 aromatic carbocycles. The monoisotopic (exact) mass is 384 g/mol. The summed E-state index contributed by atoms with van der Waals surface area (Å²) in [6.07, 6.45) is 3.98. The number of nitrogens with zero attached hydrogens (tertiary/aromatic N) is 4. The second-order valence-corrected chi connectivity index (χ2v) is 7.72. The first-order valence-corrected chi connectivity index (χ1v) is 9.89. The van der Waals surface area contributed by atoms with Crippen LogP contribution in [0.3, 0.4) is 0 Å². The molecule has 152 valence electrons. The van der Waals surface area contributed by atoms with Crippen LogP contribution in [0.25, 0.3) is 0 Å². The molecular formula is C21H32N6O. The highest BCUT2D eigenvalue weighted by atomic mass is 16.5. The third-order valence-corrected chi connectivity index (χ3v) is 5.11. The number of guanidine groups is 1. The van der Waals surface area contributed by atoms with Crippen molar-refractivity contribution >= 4 is 5.96 Å². The Morgan fingerprint density at radius 1 is 1.14 bits per heavy atom. The van der Waals surface area contributed by atoms with Gasteiger partial charge in [0.15, 0.2) is 5.96 Å². The number of ether oxygens (including phenoxy) is 1. The second-order valence-electron chi connectivity index (χ2n) is 7.72. The van der Waals surface area contributed by atoms with E-state index >= 15 is 0 Å². The molecule has 0 saturated carbocycles. The molecule has 0 radical (unpaired) electrons. The number of aliphatic imine (C=N–C) groups is 1. The molecule has 0 amide bonds. The zero-order chi connectivity index (χ0) is 19.8. The summed E-state index contributed by atoms with van der Waals surface area (Å²) in [5.41, 5.74) is 2.42. The highest BCUT2D eigenvalue weighted by Gasteiger charge is 2.28. The van der Waals surface area contributed by atoms with E-state index in [0.717, 1.165) is 50.9 Å². The topological polar surface area (TPSA) is 66.7 Å². The zero-order valence-corrected chi connectivity index (χ0v) is 17.2. The Kier molecular flexibility index (Phi) is 7.06. The van der Waals surface area contributed by atoms with Crippen molar-refractivity contribution in [3.8, 4) is 0 Å². The first-order chi connectivity index (χ1) is 13.6. The van der Waals surface area contributed by atoms with Gasteiger partial charge in [-0.2, -0.15) is 5.10 Å². The highest BCUT2D eigenvalue weighted by Crippen LogP contribution is 2.15. The molecule has 7 heteroatoms. The van der Waals surface area contributed by atoms with Crippen molar-refractivity contribution in [3.05, 3.63) is 53.9 Å².